The summed E-state index contributed by atoms with van der Waals surface area (Å²) >= 11 is 10.2. The van der Waals surface area contributed by atoms with Gasteiger partial charge in [-0.3, -0.25) is 10.9 Å². The van der Waals surface area contributed by atoms with Crippen LogP contribution in [-0.4, -0.2) is 22.8 Å². The van der Waals surface area contributed by atoms with Crippen molar-refractivity contribution in [2.45, 2.75) is 45.6 Å². The molecule has 0 amide bonds. The first kappa shape index (κ1) is 14.4. The molecule has 1 rings (SSSR count). The second-order valence-corrected chi connectivity index (χ2v) is 5.27. The minimum atomic E-state index is 0.484. The van der Waals surface area contributed by atoms with Gasteiger partial charge in [-0.25, -0.2) is 0 Å². The van der Waals surface area contributed by atoms with Crippen LogP contribution < -0.4 is 21.5 Å². The third kappa shape index (κ3) is 5.50. The topological polar surface area (TPSA) is 48.1 Å². The molecule has 0 aromatic carbocycles. The third-order valence-electron chi connectivity index (χ3n) is 3.05. The molecular formula is C11H22N4S2. The lowest BCUT2D eigenvalue weighted by molar-refractivity contribution is 0.308. The van der Waals surface area contributed by atoms with E-state index < -0.39 is 0 Å². The van der Waals surface area contributed by atoms with Gasteiger partial charge < -0.3 is 10.6 Å². The Bertz CT molecular complexity index is 270. The van der Waals surface area contributed by atoms with Crippen LogP contribution in [0.5, 0.6) is 0 Å². The number of thiocarbonyl (C=S) groups is 2. The summed E-state index contributed by atoms with van der Waals surface area (Å²) in [5.74, 6) is 0.684. The first-order valence-corrected chi connectivity index (χ1v) is 7.05. The quantitative estimate of drug-likeness (QED) is 0.451. The number of hydrazine groups is 1. The molecule has 1 aliphatic carbocycles. The van der Waals surface area contributed by atoms with Crippen molar-refractivity contribution in [1.82, 2.24) is 21.5 Å². The van der Waals surface area contributed by atoms with Crippen molar-refractivity contribution in [3.05, 3.63) is 0 Å². The largest absolute Gasteiger partial charge is 0.362 e. The zero-order valence-electron chi connectivity index (χ0n) is 10.5. The predicted octanol–water partition coefficient (Wildman–Crippen LogP) is 1.43. The molecule has 0 spiro atoms. The zero-order chi connectivity index (χ0) is 12.7. The van der Waals surface area contributed by atoms with Gasteiger partial charge in [-0.1, -0.05) is 19.8 Å². The van der Waals surface area contributed by atoms with Crippen molar-refractivity contribution in [2.24, 2.45) is 5.92 Å². The first-order chi connectivity index (χ1) is 8.13. The Kier molecular flexibility index (Phi) is 6.50. The van der Waals surface area contributed by atoms with Gasteiger partial charge in [-0.2, -0.15) is 0 Å². The minimum Gasteiger partial charge on any atom is -0.362 e. The lowest BCUT2D eigenvalue weighted by atomic mass is 9.86. The highest BCUT2D eigenvalue weighted by Crippen LogP contribution is 2.23. The molecule has 0 saturated heterocycles. The fourth-order valence-corrected chi connectivity index (χ4v) is 2.45. The SMILES string of the molecule is CCNC(=S)NNC(=S)N[C@@H]1CCCC[C@@H]1C. The van der Waals surface area contributed by atoms with Crippen LogP contribution in [0.3, 0.4) is 0 Å². The van der Waals surface area contributed by atoms with Crippen molar-refractivity contribution in [3.63, 3.8) is 0 Å². The molecule has 1 aliphatic rings. The Hall–Kier alpha value is -0.620. The molecule has 0 aromatic rings. The van der Waals surface area contributed by atoms with Gasteiger partial charge in [-0.05, 0) is 50.1 Å². The average Bonchev–Trinajstić information content (AvgIpc) is 2.30. The molecule has 17 heavy (non-hydrogen) atoms. The summed E-state index contributed by atoms with van der Waals surface area (Å²) in [6.45, 7) is 5.07. The van der Waals surface area contributed by atoms with Gasteiger partial charge in [-0.15, -0.1) is 0 Å². The fraction of sp³-hybridized carbons (Fsp3) is 0.818. The van der Waals surface area contributed by atoms with Gasteiger partial charge in [0.25, 0.3) is 0 Å². The maximum atomic E-state index is 5.22. The van der Waals surface area contributed by atoms with Crippen LogP contribution in [0.25, 0.3) is 0 Å². The van der Waals surface area contributed by atoms with Crippen LogP contribution in [0.15, 0.2) is 0 Å². The highest BCUT2D eigenvalue weighted by Gasteiger charge is 2.21. The smallest absolute Gasteiger partial charge is 0.185 e. The molecule has 0 bridgehead atoms. The van der Waals surface area contributed by atoms with Crippen LogP contribution in [0.1, 0.15) is 39.5 Å². The maximum absolute atomic E-state index is 5.22. The van der Waals surface area contributed by atoms with Gasteiger partial charge in [0.05, 0.1) is 0 Å². The predicted molar refractivity (Wildman–Crippen MR) is 79.7 cm³/mol. The van der Waals surface area contributed by atoms with Gasteiger partial charge in [0, 0.05) is 12.6 Å². The van der Waals surface area contributed by atoms with Crippen molar-refractivity contribution in [3.8, 4) is 0 Å². The van der Waals surface area contributed by atoms with Crippen LogP contribution >= 0.6 is 24.4 Å². The van der Waals surface area contributed by atoms with Crippen molar-refractivity contribution in [2.75, 3.05) is 6.54 Å². The fourth-order valence-electron chi connectivity index (χ4n) is 2.05. The number of hydrogen-bond donors (Lipinski definition) is 4. The van der Waals surface area contributed by atoms with E-state index in [0.29, 0.717) is 22.2 Å². The molecule has 4 N–H and O–H groups in total. The van der Waals surface area contributed by atoms with Gasteiger partial charge in [0.2, 0.25) is 0 Å². The summed E-state index contributed by atoms with van der Waals surface area (Å²) in [6, 6.07) is 0.484. The van der Waals surface area contributed by atoms with E-state index in [0.717, 1.165) is 6.54 Å². The average molecular weight is 274 g/mol. The molecule has 1 fully saturated rings. The Morgan fingerprint density at radius 1 is 1.12 bits per heavy atom. The monoisotopic (exact) mass is 274 g/mol. The normalized spacial score (nSPS) is 23.6. The van der Waals surface area contributed by atoms with Crippen molar-refractivity contribution >= 4 is 34.7 Å². The highest BCUT2D eigenvalue weighted by molar-refractivity contribution is 7.80. The number of nitrogens with one attached hydrogen (secondary N) is 4. The van der Waals surface area contributed by atoms with E-state index in [4.69, 9.17) is 24.4 Å². The van der Waals surface area contributed by atoms with E-state index >= 15 is 0 Å². The van der Waals surface area contributed by atoms with Gasteiger partial charge in [0.15, 0.2) is 10.2 Å². The van der Waals surface area contributed by atoms with Crippen molar-refractivity contribution in [1.29, 1.82) is 0 Å². The molecular weight excluding hydrogens is 252 g/mol. The lowest BCUT2D eigenvalue weighted by Gasteiger charge is -2.30. The molecule has 0 aliphatic heterocycles. The summed E-state index contributed by atoms with van der Waals surface area (Å²) < 4.78 is 0. The molecule has 0 heterocycles. The van der Waals surface area contributed by atoms with E-state index in [2.05, 4.69) is 28.4 Å². The first-order valence-electron chi connectivity index (χ1n) is 6.23. The molecule has 98 valence electrons. The molecule has 6 heteroatoms. The van der Waals surface area contributed by atoms with E-state index in [1.807, 2.05) is 6.92 Å². The van der Waals surface area contributed by atoms with E-state index in [-0.39, 0.29) is 0 Å². The molecule has 0 radical (unpaired) electrons. The maximum Gasteiger partial charge on any atom is 0.185 e. The highest BCUT2D eigenvalue weighted by atomic mass is 32.1. The minimum absolute atomic E-state index is 0.484. The summed E-state index contributed by atoms with van der Waals surface area (Å²) in [5, 5.41) is 7.50. The standard InChI is InChI=1S/C11H22N4S2/c1-3-12-10(16)14-15-11(17)13-9-7-5-4-6-8(9)2/h8-9H,3-7H2,1-2H3,(H2,12,14,16)(H2,13,15,17)/t8-,9+/m0/s1. The van der Waals surface area contributed by atoms with E-state index in [1.54, 1.807) is 0 Å². The second-order valence-electron chi connectivity index (χ2n) is 4.45. The van der Waals surface area contributed by atoms with E-state index in [1.165, 1.54) is 25.7 Å². The Morgan fingerprint density at radius 2 is 1.76 bits per heavy atom. The Labute approximate surface area is 114 Å². The number of hydrogen-bond acceptors (Lipinski definition) is 2. The molecule has 0 aromatic heterocycles. The summed E-state index contributed by atoms with van der Waals surface area (Å²) in [6.07, 6.45) is 5.10. The van der Waals surface area contributed by atoms with E-state index in [9.17, 15) is 0 Å². The Balaban J connectivity index is 2.22. The van der Waals surface area contributed by atoms with Crippen LogP contribution in [0.4, 0.5) is 0 Å². The second kappa shape index (κ2) is 7.66. The molecule has 0 unspecified atom stereocenters. The molecule has 1 saturated carbocycles. The van der Waals surface area contributed by atoms with Gasteiger partial charge in [0.1, 0.15) is 0 Å². The summed E-state index contributed by atoms with van der Waals surface area (Å²) in [5.41, 5.74) is 5.76. The van der Waals surface area contributed by atoms with Crippen molar-refractivity contribution < 1.29 is 0 Å². The van der Waals surface area contributed by atoms with Crippen LogP contribution in [0.2, 0.25) is 0 Å². The summed E-state index contributed by atoms with van der Waals surface area (Å²) in [7, 11) is 0. The van der Waals surface area contributed by atoms with Gasteiger partial charge >= 0.3 is 0 Å². The molecule has 2 atom stereocenters. The molecule has 4 nitrogen and oxygen atoms in total. The van der Waals surface area contributed by atoms with Crippen LogP contribution in [0, 0.1) is 5.92 Å². The lowest BCUT2D eigenvalue weighted by Crippen LogP contribution is -2.53. The summed E-state index contributed by atoms with van der Waals surface area (Å²) in [4.78, 5) is 0. The third-order valence-corrected chi connectivity index (χ3v) is 3.52. The zero-order valence-corrected chi connectivity index (χ0v) is 12.1. The Morgan fingerprint density at radius 3 is 2.41 bits per heavy atom. The number of rotatable bonds is 2. The van der Waals surface area contributed by atoms with Crippen LogP contribution in [-0.2, 0) is 0 Å².